The molecule has 0 saturated carbocycles. The van der Waals surface area contributed by atoms with Crippen LogP contribution in [0.15, 0.2) is 30.5 Å². The van der Waals surface area contributed by atoms with E-state index < -0.39 is 0 Å². The lowest BCUT2D eigenvalue weighted by Crippen LogP contribution is -2.26. The summed E-state index contributed by atoms with van der Waals surface area (Å²) in [6.07, 6.45) is 3.90. The van der Waals surface area contributed by atoms with Crippen molar-refractivity contribution in [2.75, 3.05) is 41.3 Å². The van der Waals surface area contributed by atoms with E-state index in [1.54, 1.807) is 6.20 Å². The maximum absolute atomic E-state index is 4.63. The molecular formula is C19H30N6. The first-order chi connectivity index (χ1) is 12.2. The van der Waals surface area contributed by atoms with E-state index in [4.69, 9.17) is 0 Å². The van der Waals surface area contributed by atoms with Crippen molar-refractivity contribution in [2.45, 2.75) is 40.5 Å². The molecule has 2 aromatic rings. The van der Waals surface area contributed by atoms with Crippen LogP contribution in [0.4, 0.5) is 23.1 Å². The highest BCUT2D eigenvalue weighted by atomic mass is 15.3. The monoisotopic (exact) mass is 342 g/mol. The first-order valence-electron chi connectivity index (χ1n) is 9.28. The zero-order valence-corrected chi connectivity index (χ0v) is 15.9. The zero-order valence-electron chi connectivity index (χ0n) is 15.9. The van der Waals surface area contributed by atoms with Gasteiger partial charge in [0.05, 0.1) is 6.20 Å². The molecule has 1 heterocycles. The Hall–Kier alpha value is -2.37. The molecule has 6 nitrogen and oxygen atoms in total. The third-order valence-electron chi connectivity index (χ3n) is 4.11. The predicted octanol–water partition coefficient (Wildman–Crippen LogP) is 4.09. The average molecular weight is 342 g/mol. The van der Waals surface area contributed by atoms with Crippen molar-refractivity contribution in [2.24, 2.45) is 0 Å². The quantitative estimate of drug-likeness (QED) is 0.702. The molecule has 0 fully saturated rings. The van der Waals surface area contributed by atoms with Gasteiger partial charge in [-0.2, -0.15) is 10.1 Å². The number of aromatic nitrogens is 3. The van der Waals surface area contributed by atoms with Crippen LogP contribution in [-0.2, 0) is 0 Å². The first-order valence-corrected chi connectivity index (χ1v) is 9.28. The maximum atomic E-state index is 4.63. The van der Waals surface area contributed by atoms with E-state index in [1.165, 1.54) is 5.69 Å². The molecule has 25 heavy (non-hydrogen) atoms. The first kappa shape index (κ1) is 19.0. The maximum Gasteiger partial charge on any atom is 0.249 e. The topological polar surface area (TPSA) is 57.2 Å². The summed E-state index contributed by atoms with van der Waals surface area (Å²) in [5, 5.41) is 11.5. The summed E-state index contributed by atoms with van der Waals surface area (Å²) in [5.74, 6) is 1.41. The van der Waals surface area contributed by atoms with Crippen molar-refractivity contribution < 1.29 is 0 Å². The van der Waals surface area contributed by atoms with Crippen LogP contribution >= 0.6 is 0 Å². The van der Waals surface area contributed by atoms with Gasteiger partial charge in [0.15, 0.2) is 5.82 Å². The number of rotatable bonds is 10. The SMILES string of the molecule is CCCN(CCC)c1cnnc(Nc2ccc(N(CC)CC)cc2)n1. The molecule has 6 heteroatoms. The van der Waals surface area contributed by atoms with Gasteiger partial charge >= 0.3 is 0 Å². The molecule has 0 aliphatic heterocycles. The predicted molar refractivity (Wildman–Crippen MR) is 106 cm³/mol. The number of hydrogen-bond donors (Lipinski definition) is 1. The van der Waals surface area contributed by atoms with Crippen molar-refractivity contribution in [1.29, 1.82) is 0 Å². The summed E-state index contributed by atoms with van der Waals surface area (Å²) in [7, 11) is 0. The van der Waals surface area contributed by atoms with Crippen LogP contribution in [0, 0.1) is 0 Å². The van der Waals surface area contributed by atoms with E-state index in [9.17, 15) is 0 Å². The molecular weight excluding hydrogens is 312 g/mol. The second-order valence-electron chi connectivity index (χ2n) is 5.97. The average Bonchev–Trinajstić information content (AvgIpc) is 2.64. The molecule has 1 N–H and O–H groups in total. The van der Waals surface area contributed by atoms with E-state index in [2.05, 4.69) is 82.3 Å². The number of benzene rings is 1. The third kappa shape index (κ3) is 5.31. The van der Waals surface area contributed by atoms with Gasteiger partial charge in [-0.1, -0.05) is 13.8 Å². The van der Waals surface area contributed by atoms with Crippen LogP contribution in [0.3, 0.4) is 0 Å². The second kappa shape index (κ2) is 9.81. The van der Waals surface area contributed by atoms with Crippen LogP contribution < -0.4 is 15.1 Å². The van der Waals surface area contributed by atoms with E-state index in [1.807, 2.05) is 0 Å². The van der Waals surface area contributed by atoms with Crippen LogP contribution in [0.5, 0.6) is 0 Å². The van der Waals surface area contributed by atoms with Crippen LogP contribution in [-0.4, -0.2) is 41.4 Å². The van der Waals surface area contributed by atoms with Gasteiger partial charge in [0, 0.05) is 37.6 Å². The van der Waals surface area contributed by atoms with E-state index >= 15 is 0 Å². The highest BCUT2D eigenvalue weighted by Gasteiger charge is 2.09. The molecule has 0 amide bonds. The van der Waals surface area contributed by atoms with E-state index in [0.717, 1.165) is 50.5 Å². The molecule has 1 aromatic heterocycles. The van der Waals surface area contributed by atoms with Crippen molar-refractivity contribution in [3.8, 4) is 0 Å². The molecule has 0 aliphatic rings. The molecule has 0 unspecified atom stereocenters. The van der Waals surface area contributed by atoms with Gasteiger partial charge in [0.1, 0.15) is 0 Å². The Kier molecular flexibility index (Phi) is 7.44. The Bertz CT molecular complexity index is 618. The summed E-state index contributed by atoms with van der Waals surface area (Å²) in [5.41, 5.74) is 2.19. The summed E-state index contributed by atoms with van der Waals surface area (Å²) in [6.45, 7) is 12.6. The lowest BCUT2D eigenvalue weighted by molar-refractivity contribution is 0.728. The lowest BCUT2D eigenvalue weighted by Gasteiger charge is -2.22. The number of hydrogen-bond acceptors (Lipinski definition) is 6. The molecule has 2 rings (SSSR count). The molecule has 0 aliphatic carbocycles. The zero-order chi connectivity index (χ0) is 18.1. The highest BCUT2D eigenvalue weighted by Crippen LogP contribution is 2.20. The van der Waals surface area contributed by atoms with Gasteiger partial charge in [0.2, 0.25) is 5.95 Å². The van der Waals surface area contributed by atoms with Gasteiger partial charge in [0.25, 0.3) is 0 Å². The standard InChI is InChI=1S/C19H30N6/c1-5-13-25(14-6-2)18-15-20-23-19(22-18)21-16-9-11-17(12-10-16)24(7-3)8-4/h9-12,15H,5-8,13-14H2,1-4H3,(H,21,22,23). The molecule has 0 bridgehead atoms. The summed E-state index contributed by atoms with van der Waals surface area (Å²) < 4.78 is 0. The van der Waals surface area contributed by atoms with Gasteiger partial charge in [-0.25, -0.2) is 0 Å². The number of nitrogens with one attached hydrogen (secondary N) is 1. The Labute approximate surface area is 151 Å². The Morgan fingerprint density at radius 1 is 0.880 bits per heavy atom. The van der Waals surface area contributed by atoms with Gasteiger partial charge in [-0.15, -0.1) is 5.10 Å². The Morgan fingerprint density at radius 3 is 2.08 bits per heavy atom. The third-order valence-corrected chi connectivity index (χ3v) is 4.11. The largest absolute Gasteiger partial charge is 0.372 e. The fourth-order valence-electron chi connectivity index (χ4n) is 2.85. The molecule has 0 spiro atoms. The minimum Gasteiger partial charge on any atom is -0.372 e. The van der Waals surface area contributed by atoms with Crippen LogP contribution in [0.2, 0.25) is 0 Å². The van der Waals surface area contributed by atoms with Gasteiger partial charge in [-0.3, -0.25) is 0 Å². The van der Waals surface area contributed by atoms with E-state index in [-0.39, 0.29) is 0 Å². The fourth-order valence-corrected chi connectivity index (χ4v) is 2.85. The van der Waals surface area contributed by atoms with E-state index in [0.29, 0.717) is 5.95 Å². The molecule has 1 aromatic carbocycles. The molecule has 0 atom stereocenters. The highest BCUT2D eigenvalue weighted by molar-refractivity contribution is 5.59. The number of nitrogens with zero attached hydrogens (tertiary/aromatic N) is 5. The summed E-state index contributed by atoms with van der Waals surface area (Å²) >= 11 is 0. The summed E-state index contributed by atoms with van der Waals surface area (Å²) in [4.78, 5) is 9.19. The Morgan fingerprint density at radius 2 is 1.52 bits per heavy atom. The smallest absolute Gasteiger partial charge is 0.249 e. The molecule has 136 valence electrons. The van der Waals surface area contributed by atoms with Crippen molar-refractivity contribution >= 4 is 23.1 Å². The number of anilines is 4. The van der Waals surface area contributed by atoms with Crippen LogP contribution in [0.1, 0.15) is 40.5 Å². The van der Waals surface area contributed by atoms with Gasteiger partial charge < -0.3 is 15.1 Å². The van der Waals surface area contributed by atoms with Crippen molar-refractivity contribution in [3.05, 3.63) is 30.5 Å². The molecule has 0 radical (unpaired) electrons. The van der Waals surface area contributed by atoms with Crippen molar-refractivity contribution in [1.82, 2.24) is 15.2 Å². The fraction of sp³-hybridized carbons (Fsp3) is 0.526. The second-order valence-corrected chi connectivity index (χ2v) is 5.97. The summed E-state index contributed by atoms with van der Waals surface area (Å²) in [6, 6.07) is 8.35. The molecule has 0 saturated heterocycles. The minimum atomic E-state index is 0.533. The normalized spacial score (nSPS) is 10.6. The van der Waals surface area contributed by atoms with Crippen molar-refractivity contribution in [3.63, 3.8) is 0 Å². The van der Waals surface area contributed by atoms with Gasteiger partial charge in [-0.05, 0) is 51.0 Å². The minimum absolute atomic E-state index is 0.533. The lowest BCUT2D eigenvalue weighted by atomic mass is 10.2. The van der Waals surface area contributed by atoms with Crippen LogP contribution in [0.25, 0.3) is 0 Å². The Balaban J connectivity index is 2.11.